The van der Waals surface area contributed by atoms with E-state index in [9.17, 15) is 9.59 Å². The van der Waals surface area contributed by atoms with Gasteiger partial charge in [0.25, 0.3) is 5.91 Å². The van der Waals surface area contributed by atoms with Gasteiger partial charge < -0.3 is 20.5 Å². The van der Waals surface area contributed by atoms with Crippen molar-refractivity contribution in [3.8, 4) is 0 Å². The number of hydrogen-bond acceptors (Lipinski definition) is 5. The van der Waals surface area contributed by atoms with E-state index in [-0.39, 0.29) is 35.5 Å². The first-order valence-electron chi connectivity index (χ1n) is 8.84. The summed E-state index contributed by atoms with van der Waals surface area (Å²) in [7, 11) is 0. The van der Waals surface area contributed by atoms with E-state index in [1.54, 1.807) is 0 Å². The highest BCUT2D eigenvalue weighted by Gasteiger charge is 2.51. The van der Waals surface area contributed by atoms with Gasteiger partial charge >= 0.3 is 5.97 Å². The van der Waals surface area contributed by atoms with Crippen LogP contribution in [0.2, 0.25) is 0 Å². The van der Waals surface area contributed by atoms with Crippen molar-refractivity contribution in [2.75, 3.05) is 6.61 Å². The van der Waals surface area contributed by atoms with E-state index in [4.69, 9.17) is 9.84 Å². The topological polar surface area (TPSA) is 100 Å². The summed E-state index contributed by atoms with van der Waals surface area (Å²) in [6.07, 6.45) is 8.45. The standard InChI is InChI=1S/C18H23N3O4/c1-10-19-14(17(23)24)5-16(20-10)25-9-15(22)21-18-6-11-2-12(7-18)4-13(3-11)8-18/h5,11-13,19H,1-4,6-9H2,(H,21,22)(H,23,24). The van der Waals surface area contributed by atoms with Gasteiger partial charge in [-0.15, -0.1) is 0 Å². The number of hydrogen-bond donors (Lipinski definition) is 3. The van der Waals surface area contributed by atoms with Gasteiger partial charge in [0, 0.05) is 11.6 Å². The van der Waals surface area contributed by atoms with Crippen LogP contribution in [0.15, 0.2) is 29.2 Å². The Kier molecular flexibility index (Phi) is 3.81. The van der Waals surface area contributed by atoms with E-state index < -0.39 is 5.97 Å². The lowest BCUT2D eigenvalue weighted by Gasteiger charge is -2.56. The van der Waals surface area contributed by atoms with Crippen LogP contribution in [0.3, 0.4) is 0 Å². The third-order valence-corrected chi connectivity index (χ3v) is 5.82. The molecule has 1 aliphatic heterocycles. The van der Waals surface area contributed by atoms with Crippen LogP contribution in [0.5, 0.6) is 0 Å². The van der Waals surface area contributed by atoms with Crippen molar-refractivity contribution >= 4 is 17.8 Å². The van der Waals surface area contributed by atoms with Gasteiger partial charge in [0.05, 0.1) is 0 Å². The van der Waals surface area contributed by atoms with E-state index in [0.29, 0.717) is 0 Å². The fraction of sp³-hybridized carbons (Fsp3) is 0.611. The van der Waals surface area contributed by atoms with Crippen molar-refractivity contribution < 1.29 is 19.4 Å². The predicted octanol–water partition coefficient (Wildman–Crippen LogP) is 1.53. The first kappa shape index (κ1) is 16.2. The Morgan fingerprint density at radius 2 is 1.88 bits per heavy atom. The molecular formula is C18H23N3O4. The van der Waals surface area contributed by atoms with Gasteiger partial charge in [0.15, 0.2) is 6.61 Å². The van der Waals surface area contributed by atoms with Crippen LogP contribution < -0.4 is 10.6 Å². The summed E-state index contributed by atoms with van der Waals surface area (Å²) in [5.41, 5.74) is -0.131. The van der Waals surface area contributed by atoms with E-state index in [2.05, 4.69) is 22.2 Å². The lowest BCUT2D eigenvalue weighted by atomic mass is 9.53. The largest absolute Gasteiger partial charge is 0.477 e. The second-order valence-electron chi connectivity index (χ2n) is 7.92. The van der Waals surface area contributed by atoms with E-state index >= 15 is 0 Å². The van der Waals surface area contributed by atoms with Crippen LogP contribution in [-0.4, -0.2) is 35.0 Å². The maximum atomic E-state index is 12.4. The second-order valence-corrected chi connectivity index (χ2v) is 7.92. The van der Waals surface area contributed by atoms with Crippen LogP contribution in [0.1, 0.15) is 38.5 Å². The minimum absolute atomic E-state index is 0.0587. The molecule has 1 amide bonds. The first-order valence-corrected chi connectivity index (χ1v) is 8.84. The van der Waals surface area contributed by atoms with Crippen LogP contribution in [0, 0.1) is 17.8 Å². The molecule has 1 heterocycles. The van der Waals surface area contributed by atoms with Crippen LogP contribution in [-0.2, 0) is 14.3 Å². The molecule has 5 rings (SSSR count). The van der Waals surface area contributed by atoms with Gasteiger partial charge in [-0.25, -0.2) is 4.79 Å². The maximum absolute atomic E-state index is 12.4. The molecule has 0 spiro atoms. The third kappa shape index (κ3) is 3.27. The number of ether oxygens (including phenoxy) is 1. The Balaban J connectivity index is 1.35. The monoisotopic (exact) mass is 345 g/mol. The van der Waals surface area contributed by atoms with Gasteiger partial charge in [-0.3, -0.25) is 4.79 Å². The Hall–Kier alpha value is -2.31. The highest BCUT2D eigenvalue weighted by molar-refractivity contribution is 5.99. The van der Waals surface area contributed by atoms with Crippen LogP contribution in [0.4, 0.5) is 0 Å². The summed E-state index contributed by atoms with van der Waals surface area (Å²) in [6.45, 7) is 3.42. The molecule has 0 saturated heterocycles. The Bertz CT molecular complexity index is 659. The quantitative estimate of drug-likeness (QED) is 0.717. The van der Waals surface area contributed by atoms with Crippen molar-refractivity contribution in [2.24, 2.45) is 22.7 Å². The summed E-state index contributed by atoms with van der Waals surface area (Å²) < 4.78 is 5.41. The summed E-state index contributed by atoms with van der Waals surface area (Å²) in [5.74, 6) is 1.23. The predicted molar refractivity (Wildman–Crippen MR) is 90.4 cm³/mol. The molecule has 25 heavy (non-hydrogen) atoms. The van der Waals surface area contributed by atoms with Gasteiger partial charge in [-0.2, -0.15) is 4.99 Å². The van der Waals surface area contributed by atoms with Crippen molar-refractivity contribution in [2.45, 2.75) is 44.1 Å². The average molecular weight is 345 g/mol. The van der Waals surface area contributed by atoms with Gasteiger partial charge in [0.1, 0.15) is 11.5 Å². The molecule has 4 bridgehead atoms. The molecule has 0 aromatic heterocycles. The first-order chi connectivity index (χ1) is 11.9. The normalized spacial score (nSPS) is 35.5. The van der Waals surface area contributed by atoms with Crippen molar-refractivity contribution in [3.63, 3.8) is 0 Å². The molecule has 134 valence electrons. The molecule has 3 N–H and O–H groups in total. The molecule has 7 nitrogen and oxygen atoms in total. The maximum Gasteiger partial charge on any atom is 0.352 e. The Morgan fingerprint density at radius 1 is 1.28 bits per heavy atom. The van der Waals surface area contributed by atoms with Crippen molar-refractivity contribution in [1.82, 2.24) is 10.6 Å². The minimum atomic E-state index is -1.13. The van der Waals surface area contributed by atoms with Gasteiger partial charge in [0.2, 0.25) is 5.90 Å². The number of carboxylic acid groups (broad SMARTS) is 1. The Morgan fingerprint density at radius 3 is 2.44 bits per heavy atom. The molecule has 0 unspecified atom stereocenters. The third-order valence-electron chi connectivity index (χ3n) is 5.82. The zero-order valence-corrected chi connectivity index (χ0v) is 14.1. The molecule has 0 aromatic rings. The lowest BCUT2D eigenvalue weighted by Crippen LogP contribution is -2.60. The number of nitrogens with one attached hydrogen (secondary N) is 2. The van der Waals surface area contributed by atoms with Gasteiger partial charge in [-0.1, -0.05) is 6.58 Å². The van der Waals surface area contributed by atoms with E-state index in [0.717, 1.165) is 37.0 Å². The van der Waals surface area contributed by atoms with Crippen molar-refractivity contribution in [1.29, 1.82) is 0 Å². The fourth-order valence-electron chi connectivity index (χ4n) is 5.43. The van der Waals surface area contributed by atoms with Crippen LogP contribution in [0.25, 0.3) is 0 Å². The lowest BCUT2D eigenvalue weighted by molar-refractivity contribution is -0.133. The summed E-state index contributed by atoms with van der Waals surface area (Å²) in [5, 5.41) is 14.8. The molecule has 0 radical (unpaired) electrons. The number of carbonyl (C=O) groups is 2. The molecular weight excluding hydrogens is 322 g/mol. The van der Waals surface area contributed by atoms with E-state index in [1.807, 2.05) is 0 Å². The van der Waals surface area contributed by atoms with Gasteiger partial charge in [-0.05, 0) is 56.3 Å². The molecule has 0 aromatic carbocycles. The fourth-order valence-corrected chi connectivity index (χ4v) is 5.43. The molecule has 4 saturated carbocycles. The molecule has 0 atom stereocenters. The average Bonchev–Trinajstić information content (AvgIpc) is 2.50. The van der Waals surface area contributed by atoms with E-state index in [1.165, 1.54) is 25.3 Å². The number of rotatable bonds is 4. The highest BCUT2D eigenvalue weighted by atomic mass is 16.5. The van der Waals surface area contributed by atoms with Crippen LogP contribution >= 0.6 is 0 Å². The summed E-state index contributed by atoms with van der Waals surface area (Å²) >= 11 is 0. The molecule has 4 aliphatic carbocycles. The number of carboxylic acids is 1. The van der Waals surface area contributed by atoms with Crippen molar-refractivity contribution in [3.05, 3.63) is 24.2 Å². The number of carbonyl (C=O) groups excluding carboxylic acids is 1. The minimum Gasteiger partial charge on any atom is -0.477 e. The molecule has 7 heteroatoms. The molecule has 5 aliphatic rings. The Labute approximate surface area is 146 Å². The zero-order chi connectivity index (χ0) is 17.6. The zero-order valence-electron chi connectivity index (χ0n) is 14.1. The summed E-state index contributed by atoms with van der Waals surface area (Å²) in [4.78, 5) is 27.4. The highest BCUT2D eigenvalue weighted by Crippen LogP contribution is 2.55. The second kappa shape index (κ2) is 5.89. The molecule has 4 fully saturated rings. The SMILES string of the molecule is C=C1N=C(OCC(=O)NC23CC4CC(CC(C4)C2)C3)C=C(C(=O)O)N1. The number of aliphatic carboxylic acids is 1. The number of amides is 1. The number of aliphatic imine (C=N–C) groups is 1. The smallest absolute Gasteiger partial charge is 0.352 e. The number of nitrogens with zero attached hydrogens (tertiary/aromatic N) is 1. The summed E-state index contributed by atoms with van der Waals surface area (Å²) in [6, 6.07) is 0.